The summed E-state index contributed by atoms with van der Waals surface area (Å²) in [5.41, 5.74) is 2.91. The average Bonchev–Trinajstić information content (AvgIpc) is 2.83. The quantitative estimate of drug-likeness (QED) is 0.679. The number of hydrogen-bond acceptors (Lipinski definition) is 4. The van der Waals surface area contributed by atoms with Crippen LogP contribution >= 0.6 is 0 Å². The third-order valence-electron chi connectivity index (χ3n) is 3.12. The van der Waals surface area contributed by atoms with E-state index in [9.17, 15) is 9.90 Å². The molecule has 0 saturated carbocycles. The molecule has 4 nitrogen and oxygen atoms in total. The number of rotatable bonds is 2. The van der Waals surface area contributed by atoms with E-state index in [2.05, 4.69) is 4.99 Å². The summed E-state index contributed by atoms with van der Waals surface area (Å²) in [7, 11) is 0. The van der Waals surface area contributed by atoms with Gasteiger partial charge in [0.1, 0.15) is 5.75 Å². The number of hydrogen-bond donors (Lipinski definition) is 1. The fourth-order valence-electron chi connectivity index (χ4n) is 1.96. The van der Waals surface area contributed by atoms with Crippen LogP contribution < -0.4 is 0 Å². The standard InChI is InChI=1S/C17H13NO3/c1-11-2-6-13(7-3-11)16-18-15(17(20)21-16)10-12-4-8-14(19)9-5-12/h2-10,19H,1H3/b15-10+. The van der Waals surface area contributed by atoms with E-state index in [0.717, 1.165) is 16.7 Å². The molecule has 0 fully saturated rings. The lowest BCUT2D eigenvalue weighted by molar-refractivity contribution is -0.129. The van der Waals surface area contributed by atoms with Crippen molar-refractivity contribution >= 4 is 17.9 Å². The van der Waals surface area contributed by atoms with E-state index in [0.29, 0.717) is 5.90 Å². The van der Waals surface area contributed by atoms with E-state index in [1.54, 1.807) is 30.3 Å². The second-order valence-corrected chi connectivity index (χ2v) is 4.79. The van der Waals surface area contributed by atoms with E-state index in [4.69, 9.17) is 4.74 Å². The first kappa shape index (κ1) is 13.1. The van der Waals surface area contributed by atoms with E-state index >= 15 is 0 Å². The third kappa shape index (κ3) is 2.84. The van der Waals surface area contributed by atoms with Crippen LogP contribution in [0.2, 0.25) is 0 Å². The predicted molar refractivity (Wildman–Crippen MR) is 79.9 cm³/mol. The molecule has 3 rings (SSSR count). The molecule has 0 amide bonds. The van der Waals surface area contributed by atoms with Gasteiger partial charge < -0.3 is 9.84 Å². The van der Waals surface area contributed by atoms with Crippen molar-refractivity contribution in [1.29, 1.82) is 0 Å². The lowest BCUT2D eigenvalue weighted by atomic mass is 10.1. The Hall–Kier alpha value is -2.88. The number of cyclic esters (lactones) is 1. The Kier molecular flexibility index (Phi) is 3.28. The molecule has 2 aromatic rings. The fourth-order valence-corrected chi connectivity index (χ4v) is 1.96. The van der Waals surface area contributed by atoms with Gasteiger partial charge >= 0.3 is 5.97 Å². The fraction of sp³-hybridized carbons (Fsp3) is 0.0588. The lowest BCUT2D eigenvalue weighted by Crippen LogP contribution is -2.05. The van der Waals surface area contributed by atoms with Crippen molar-refractivity contribution in [3.63, 3.8) is 0 Å². The van der Waals surface area contributed by atoms with Gasteiger partial charge in [-0.1, -0.05) is 29.8 Å². The first-order valence-corrected chi connectivity index (χ1v) is 6.50. The zero-order valence-corrected chi connectivity index (χ0v) is 11.4. The molecule has 21 heavy (non-hydrogen) atoms. The number of benzene rings is 2. The average molecular weight is 279 g/mol. The van der Waals surface area contributed by atoms with Crippen LogP contribution in [0, 0.1) is 6.92 Å². The van der Waals surface area contributed by atoms with Gasteiger partial charge in [-0.05, 0) is 42.8 Å². The number of phenols is 1. The van der Waals surface area contributed by atoms with Gasteiger partial charge in [-0.25, -0.2) is 9.79 Å². The molecule has 1 aliphatic rings. The summed E-state index contributed by atoms with van der Waals surface area (Å²) in [6.45, 7) is 1.99. The van der Waals surface area contributed by atoms with Crippen molar-refractivity contribution in [2.75, 3.05) is 0 Å². The maximum Gasteiger partial charge on any atom is 0.363 e. The molecule has 0 aromatic heterocycles. The van der Waals surface area contributed by atoms with Gasteiger partial charge in [-0.2, -0.15) is 0 Å². The van der Waals surface area contributed by atoms with Crippen LogP contribution in [-0.4, -0.2) is 17.0 Å². The number of carbonyl (C=O) groups excluding carboxylic acids is 1. The Morgan fingerprint density at radius 3 is 2.38 bits per heavy atom. The van der Waals surface area contributed by atoms with Crippen LogP contribution in [0.25, 0.3) is 6.08 Å². The molecule has 0 bridgehead atoms. The summed E-state index contributed by atoms with van der Waals surface area (Å²) in [6.07, 6.45) is 1.63. The molecular weight excluding hydrogens is 266 g/mol. The molecule has 0 atom stereocenters. The molecule has 1 N–H and O–H groups in total. The number of aliphatic imine (C=N–C) groups is 1. The number of phenolic OH excluding ortho intramolecular Hbond substituents is 1. The van der Waals surface area contributed by atoms with E-state index in [1.807, 2.05) is 31.2 Å². The van der Waals surface area contributed by atoms with Crippen molar-refractivity contribution in [2.45, 2.75) is 6.92 Å². The van der Waals surface area contributed by atoms with Crippen LogP contribution in [0.4, 0.5) is 0 Å². The van der Waals surface area contributed by atoms with E-state index in [1.165, 1.54) is 0 Å². The van der Waals surface area contributed by atoms with Crippen LogP contribution in [0.1, 0.15) is 16.7 Å². The van der Waals surface area contributed by atoms with Gasteiger partial charge in [-0.3, -0.25) is 0 Å². The molecule has 104 valence electrons. The van der Waals surface area contributed by atoms with Gasteiger partial charge in [0.25, 0.3) is 0 Å². The summed E-state index contributed by atoms with van der Waals surface area (Å²) in [4.78, 5) is 16.1. The SMILES string of the molecule is Cc1ccc(C2=N/C(=C/c3ccc(O)cc3)C(=O)O2)cc1. The molecule has 1 heterocycles. The normalized spacial score (nSPS) is 16.0. The summed E-state index contributed by atoms with van der Waals surface area (Å²) in [5.74, 6) is 0.0127. The zero-order valence-electron chi connectivity index (χ0n) is 11.4. The monoisotopic (exact) mass is 279 g/mol. The molecule has 0 aliphatic carbocycles. The number of aromatic hydroxyl groups is 1. The number of nitrogens with zero attached hydrogens (tertiary/aromatic N) is 1. The van der Waals surface area contributed by atoms with Crippen molar-refractivity contribution in [2.24, 2.45) is 4.99 Å². The Labute approximate surface area is 122 Å². The number of esters is 1. The maximum atomic E-state index is 11.8. The molecule has 0 unspecified atom stereocenters. The van der Waals surface area contributed by atoms with Crippen molar-refractivity contribution in [1.82, 2.24) is 0 Å². The largest absolute Gasteiger partial charge is 0.508 e. The second kappa shape index (κ2) is 5.25. The van der Waals surface area contributed by atoms with Crippen LogP contribution in [0.15, 0.2) is 59.2 Å². The highest BCUT2D eigenvalue weighted by Crippen LogP contribution is 2.20. The highest BCUT2D eigenvalue weighted by atomic mass is 16.6. The summed E-state index contributed by atoms with van der Waals surface area (Å²) in [5, 5.41) is 9.24. The second-order valence-electron chi connectivity index (χ2n) is 4.79. The Balaban J connectivity index is 1.91. The first-order valence-electron chi connectivity index (χ1n) is 6.50. The number of carbonyl (C=O) groups is 1. The smallest absolute Gasteiger partial charge is 0.363 e. The minimum atomic E-state index is -0.473. The molecular formula is C17H13NO3. The van der Waals surface area contributed by atoms with Gasteiger partial charge in [0.2, 0.25) is 5.90 Å². The summed E-state index contributed by atoms with van der Waals surface area (Å²) >= 11 is 0. The maximum absolute atomic E-state index is 11.8. The Morgan fingerprint density at radius 1 is 1.05 bits per heavy atom. The van der Waals surface area contributed by atoms with Crippen molar-refractivity contribution in [3.8, 4) is 5.75 Å². The van der Waals surface area contributed by atoms with Gasteiger partial charge in [0.15, 0.2) is 5.70 Å². The van der Waals surface area contributed by atoms with Crippen LogP contribution in [0.3, 0.4) is 0 Å². The van der Waals surface area contributed by atoms with Crippen molar-refractivity contribution in [3.05, 3.63) is 70.9 Å². The molecule has 2 aromatic carbocycles. The van der Waals surface area contributed by atoms with Crippen LogP contribution in [0.5, 0.6) is 5.75 Å². The zero-order chi connectivity index (χ0) is 14.8. The third-order valence-corrected chi connectivity index (χ3v) is 3.12. The van der Waals surface area contributed by atoms with Crippen molar-refractivity contribution < 1.29 is 14.6 Å². The molecule has 0 spiro atoms. The van der Waals surface area contributed by atoms with E-state index < -0.39 is 5.97 Å². The number of aryl methyl sites for hydroxylation is 1. The minimum absolute atomic E-state index is 0.176. The molecule has 0 saturated heterocycles. The highest BCUT2D eigenvalue weighted by molar-refractivity contribution is 6.12. The van der Waals surface area contributed by atoms with E-state index in [-0.39, 0.29) is 11.4 Å². The van der Waals surface area contributed by atoms with Gasteiger partial charge in [0, 0.05) is 5.56 Å². The molecule has 4 heteroatoms. The Bertz CT molecular complexity index is 741. The lowest BCUT2D eigenvalue weighted by Gasteiger charge is -1.99. The first-order chi connectivity index (χ1) is 10.1. The van der Waals surface area contributed by atoms with Gasteiger partial charge in [-0.15, -0.1) is 0 Å². The topological polar surface area (TPSA) is 58.9 Å². The van der Waals surface area contributed by atoms with Gasteiger partial charge in [0.05, 0.1) is 0 Å². The Morgan fingerprint density at radius 2 is 1.71 bits per heavy atom. The van der Waals surface area contributed by atoms with Crippen LogP contribution in [-0.2, 0) is 9.53 Å². The molecule has 0 radical (unpaired) electrons. The highest BCUT2D eigenvalue weighted by Gasteiger charge is 2.23. The predicted octanol–water partition coefficient (Wildman–Crippen LogP) is 3.05. The minimum Gasteiger partial charge on any atom is -0.508 e. The number of ether oxygens (including phenoxy) is 1. The summed E-state index contributed by atoms with van der Waals surface area (Å²) in [6, 6.07) is 14.1. The summed E-state index contributed by atoms with van der Waals surface area (Å²) < 4.78 is 5.19. The molecule has 1 aliphatic heterocycles.